The van der Waals surface area contributed by atoms with E-state index in [1.807, 2.05) is 61.2 Å². The number of carbonyl (C=O) groups is 2. The molecule has 6 heteroatoms. The summed E-state index contributed by atoms with van der Waals surface area (Å²) in [5.41, 5.74) is 2.83. The van der Waals surface area contributed by atoms with E-state index in [0.717, 1.165) is 18.7 Å². The van der Waals surface area contributed by atoms with Gasteiger partial charge >= 0.3 is 6.03 Å². The molecule has 3 amide bonds. The summed E-state index contributed by atoms with van der Waals surface area (Å²) in [6.45, 7) is 6.21. The molecule has 0 bridgehead atoms. The van der Waals surface area contributed by atoms with Crippen LogP contribution in [0.5, 0.6) is 0 Å². The van der Waals surface area contributed by atoms with Crippen LogP contribution in [0.4, 0.5) is 16.2 Å². The van der Waals surface area contributed by atoms with Gasteiger partial charge in [-0.1, -0.05) is 24.3 Å². The zero-order valence-corrected chi connectivity index (χ0v) is 15.1. The van der Waals surface area contributed by atoms with Gasteiger partial charge in [-0.2, -0.15) is 0 Å². The first-order valence-electron chi connectivity index (χ1n) is 8.80. The Hall–Kier alpha value is -2.86. The van der Waals surface area contributed by atoms with Crippen molar-refractivity contribution in [2.75, 3.05) is 30.3 Å². The van der Waals surface area contributed by atoms with Crippen LogP contribution in [0, 0.1) is 6.92 Å². The average Bonchev–Trinajstić information content (AvgIpc) is 2.64. The highest BCUT2D eigenvalue weighted by molar-refractivity contribution is 6.02. The van der Waals surface area contributed by atoms with E-state index in [9.17, 15) is 9.59 Å². The maximum atomic E-state index is 12.8. The van der Waals surface area contributed by atoms with Crippen molar-refractivity contribution in [2.45, 2.75) is 19.9 Å². The van der Waals surface area contributed by atoms with Crippen molar-refractivity contribution in [1.29, 1.82) is 0 Å². The van der Waals surface area contributed by atoms with Gasteiger partial charge in [0, 0.05) is 42.6 Å². The molecule has 1 aliphatic heterocycles. The number of hydrogen-bond donors (Lipinski definition) is 3. The van der Waals surface area contributed by atoms with E-state index in [0.29, 0.717) is 23.5 Å². The molecule has 1 atom stereocenters. The fourth-order valence-electron chi connectivity index (χ4n) is 3.00. The fraction of sp³-hybridized carbons (Fsp3) is 0.300. The van der Waals surface area contributed by atoms with Crippen LogP contribution < -0.4 is 16.0 Å². The molecule has 0 spiro atoms. The van der Waals surface area contributed by atoms with Crippen molar-refractivity contribution in [3.8, 4) is 0 Å². The van der Waals surface area contributed by atoms with Crippen LogP contribution in [-0.4, -0.2) is 42.5 Å². The highest BCUT2D eigenvalue weighted by Gasteiger charge is 2.24. The third-order valence-electron chi connectivity index (χ3n) is 4.53. The Labute approximate surface area is 153 Å². The number of anilines is 2. The van der Waals surface area contributed by atoms with E-state index in [1.165, 1.54) is 0 Å². The van der Waals surface area contributed by atoms with E-state index in [-0.39, 0.29) is 18.0 Å². The lowest BCUT2D eigenvalue weighted by molar-refractivity contribution is 0.0656. The Kier molecular flexibility index (Phi) is 5.53. The first-order chi connectivity index (χ1) is 12.5. The van der Waals surface area contributed by atoms with Gasteiger partial charge in [0.15, 0.2) is 0 Å². The molecule has 1 aliphatic rings. The summed E-state index contributed by atoms with van der Waals surface area (Å²) in [6, 6.07) is 14.5. The molecule has 6 nitrogen and oxygen atoms in total. The summed E-state index contributed by atoms with van der Waals surface area (Å²) in [6.07, 6.45) is 0. The molecule has 0 aliphatic carbocycles. The molecule has 0 radical (unpaired) electrons. The van der Waals surface area contributed by atoms with Gasteiger partial charge in [0.2, 0.25) is 0 Å². The van der Waals surface area contributed by atoms with Gasteiger partial charge in [-0.15, -0.1) is 0 Å². The molecule has 3 N–H and O–H groups in total. The monoisotopic (exact) mass is 352 g/mol. The van der Waals surface area contributed by atoms with Crippen LogP contribution in [0.25, 0.3) is 0 Å². The predicted octanol–water partition coefficient (Wildman–Crippen LogP) is 3.07. The Morgan fingerprint density at radius 3 is 2.62 bits per heavy atom. The minimum atomic E-state index is -0.334. The number of para-hydroxylation sites is 1. The fourth-order valence-corrected chi connectivity index (χ4v) is 3.00. The molecular weight excluding hydrogens is 328 g/mol. The number of rotatable bonds is 3. The highest BCUT2D eigenvalue weighted by Crippen LogP contribution is 2.20. The van der Waals surface area contributed by atoms with Crippen LogP contribution in [0.3, 0.4) is 0 Å². The van der Waals surface area contributed by atoms with Gasteiger partial charge in [0.25, 0.3) is 5.91 Å². The van der Waals surface area contributed by atoms with E-state index in [2.05, 4.69) is 16.0 Å². The summed E-state index contributed by atoms with van der Waals surface area (Å²) in [5, 5.41) is 8.90. The second-order valence-electron chi connectivity index (χ2n) is 6.53. The van der Waals surface area contributed by atoms with E-state index < -0.39 is 0 Å². The van der Waals surface area contributed by atoms with Gasteiger partial charge < -0.3 is 20.9 Å². The summed E-state index contributed by atoms with van der Waals surface area (Å²) in [5.74, 6) is -0.00878. The van der Waals surface area contributed by atoms with Gasteiger partial charge in [-0.25, -0.2) is 4.79 Å². The minimum absolute atomic E-state index is 0.00878. The number of benzene rings is 2. The zero-order valence-electron chi connectivity index (χ0n) is 15.1. The first kappa shape index (κ1) is 17.9. The predicted molar refractivity (Wildman–Crippen MR) is 104 cm³/mol. The van der Waals surface area contributed by atoms with Gasteiger partial charge in [0.05, 0.1) is 0 Å². The number of amides is 3. The number of hydrogen-bond acceptors (Lipinski definition) is 3. The van der Waals surface area contributed by atoms with Gasteiger partial charge in [-0.05, 0) is 43.7 Å². The zero-order chi connectivity index (χ0) is 18.5. The number of nitrogens with zero attached hydrogens (tertiary/aromatic N) is 1. The van der Waals surface area contributed by atoms with Crippen LogP contribution in [-0.2, 0) is 0 Å². The van der Waals surface area contributed by atoms with Crippen molar-refractivity contribution in [3.05, 3.63) is 59.7 Å². The van der Waals surface area contributed by atoms with E-state index >= 15 is 0 Å². The molecule has 1 fully saturated rings. The Morgan fingerprint density at radius 1 is 1.12 bits per heavy atom. The topological polar surface area (TPSA) is 73.5 Å². The van der Waals surface area contributed by atoms with E-state index in [1.54, 1.807) is 6.07 Å². The SMILES string of the molecule is Cc1ccc(C(=O)N2CCNC[C@H]2C)cc1NC(=O)Nc1ccccc1. The van der Waals surface area contributed by atoms with Crippen LogP contribution >= 0.6 is 0 Å². The summed E-state index contributed by atoms with van der Waals surface area (Å²) in [7, 11) is 0. The lowest BCUT2D eigenvalue weighted by Gasteiger charge is -2.34. The normalized spacial score (nSPS) is 16.8. The van der Waals surface area contributed by atoms with Gasteiger partial charge in [-0.3, -0.25) is 4.79 Å². The standard InChI is InChI=1S/C20H24N4O2/c1-14-8-9-16(19(25)24-11-10-21-13-15(24)2)12-18(14)23-20(26)22-17-6-4-3-5-7-17/h3-9,12,15,21H,10-11,13H2,1-2H3,(H2,22,23,26)/t15-/m1/s1. The number of nitrogens with one attached hydrogen (secondary N) is 3. The average molecular weight is 352 g/mol. The lowest BCUT2D eigenvalue weighted by atomic mass is 10.1. The Morgan fingerprint density at radius 2 is 1.88 bits per heavy atom. The number of carbonyl (C=O) groups excluding carboxylic acids is 2. The van der Waals surface area contributed by atoms with Crippen molar-refractivity contribution in [3.63, 3.8) is 0 Å². The smallest absolute Gasteiger partial charge is 0.323 e. The number of aryl methyl sites for hydroxylation is 1. The molecule has 136 valence electrons. The molecule has 1 saturated heterocycles. The first-order valence-corrected chi connectivity index (χ1v) is 8.80. The Bertz CT molecular complexity index is 792. The van der Waals surface area contributed by atoms with Crippen molar-refractivity contribution < 1.29 is 9.59 Å². The quantitative estimate of drug-likeness (QED) is 0.795. The van der Waals surface area contributed by atoms with Crippen LogP contribution in [0.1, 0.15) is 22.8 Å². The largest absolute Gasteiger partial charge is 0.333 e. The molecule has 2 aromatic carbocycles. The number of urea groups is 1. The highest BCUT2D eigenvalue weighted by atomic mass is 16.2. The molecule has 3 rings (SSSR count). The van der Waals surface area contributed by atoms with Gasteiger partial charge in [0.1, 0.15) is 0 Å². The third-order valence-corrected chi connectivity index (χ3v) is 4.53. The molecule has 1 heterocycles. The van der Waals surface area contributed by atoms with Crippen LogP contribution in [0.15, 0.2) is 48.5 Å². The molecule has 26 heavy (non-hydrogen) atoms. The molecule has 0 unspecified atom stereocenters. The van der Waals surface area contributed by atoms with Crippen molar-refractivity contribution in [1.82, 2.24) is 10.2 Å². The summed E-state index contributed by atoms with van der Waals surface area (Å²) >= 11 is 0. The molecule has 0 saturated carbocycles. The summed E-state index contributed by atoms with van der Waals surface area (Å²) in [4.78, 5) is 26.9. The second kappa shape index (κ2) is 8.01. The third kappa shape index (κ3) is 4.21. The van der Waals surface area contributed by atoms with Crippen LogP contribution in [0.2, 0.25) is 0 Å². The molecule has 0 aromatic heterocycles. The number of piperazine rings is 1. The van der Waals surface area contributed by atoms with Crippen molar-refractivity contribution in [2.24, 2.45) is 0 Å². The summed E-state index contributed by atoms with van der Waals surface area (Å²) < 4.78 is 0. The molecule has 2 aromatic rings. The maximum Gasteiger partial charge on any atom is 0.323 e. The Balaban J connectivity index is 1.73. The second-order valence-corrected chi connectivity index (χ2v) is 6.53. The minimum Gasteiger partial charge on any atom is -0.333 e. The lowest BCUT2D eigenvalue weighted by Crippen LogP contribution is -2.52. The molecular formula is C20H24N4O2. The van der Waals surface area contributed by atoms with Crippen molar-refractivity contribution >= 4 is 23.3 Å². The van der Waals surface area contributed by atoms with E-state index in [4.69, 9.17) is 0 Å². The maximum absolute atomic E-state index is 12.8.